The first-order chi connectivity index (χ1) is 8.81. The van der Waals surface area contributed by atoms with Crippen LogP contribution in [-0.4, -0.2) is 30.4 Å². The minimum atomic E-state index is 0. The van der Waals surface area contributed by atoms with E-state index in [1.54, 1.807) is 0 Å². The zero-order chi connectivity index (χ0) is 12.8. The molecule has 0 saturated carbocycles. The van der Waals surface area contributed by atoms with Crippen LogP contribution in [-0.2, 0) is 6.54 Å². The molecule has 0 radical (unpaired) electrons. The Bertz CT molecular complexity index is 386. The van der Waals surface area contributed by atoms with E-state index in [1.165, 1.54) is 12.0 Å². The van der Waals surface area contributed by atoms with Gasteiger partial charge in [-0.05, 0) is 43.5 Å². The molecule has 2 rings (SSSR count). The Hall–Kier alpha value is -1.06. The second-order valence-electron chi connectivity index (χ2n) is 4.83. The molecule has 1 N–H and O–H groups in total. The van der Waals surface area contributed by atoms with Crippen LogP contribution in [0, 0.1) is 0 Å². The van der Waals surface area contributed by atoms with Crippen LogP contribution in [0.2, 0.25) is 0 Å². The summed E-state index contributed by atoms with van der Waals surface area (Å²) in [6.07, 6.45) is 3.54. The number of nitrogens with one attached hydrogen (secondary N) is 1. The van der Waals surface area contributed by atoms with E-state index < -0.39 is 0 Å². The highest BCUT2D eigenvalue weighted by atomic mass is 35.5. The van der Waals surface area contributed by atoms with E-state index in [0.717, 1.165) is 44.6 Å². The molecular weight excluding hydrogens is 260 g/mol. The Labute approximate surface area is 121 Å². The number of carbonyl (C=O) groups excluding carboxylic acids is 1. The molecule has 0 unspecified atom stereocenters. The van der Waals surface area contributed by atoms with Gasteiger partial charge in [-0.15, -0.1) is 12.4 Å². The highest BCUT2D eigenvalue weighted by molar-refractivity contribution is 5.94. The summed E-state index contributed by atoms with van der Waals surface area (Å²) in [5.41, 5.74) is 2.05. The number of hydrogen-bond donors (Lipinski definition) is 1. The van der Waals surface area contributed by atoms with E-state index in [1.807, 2.05) is 29.2 Å². The van der Waals surface area contributed by atoms with Gasteiger partial charge in [0.15, 0.2) is 0 Å². The second-order valence-corrected chi connectivity index (χ2v) is 4.83. The molecule has 0 aliphatic carbocycles. The average molecular weight is 283 g/mol. The number of nitrogens with zero attached hydrogens (tertiary/aromatic N) is 1. The second kappa shape index (κ2) is 8.18. The van der Waals surface area contributed by atoms with Gasteiger partial charge < -0.3 is 10.2 Å². The molecule has 0 atom stereocenters. The fourth-order valence-corrected chi connectivity index (χ4v) is 2.31. The smallest absolute Gasteiger partial charge is 0.253 e. The van der Waals surface area contributed by atoms with Gasteiger partial charge in [0.1, 0.15) is 0 Å². The Kier molecular flexibility index (Phi) is 6.89. The van der Waals surface area contributed by atoms with Crippen LogP contribution in [0.15, 0.2) is 24.3 Å². The summed E-state index contributed by atoms with van der Waals surface area (Å²) >= 11 is 0. The SMILES string of the molecule is CCNCc1ccc(C(=O)N2CCCCC2)cc1.Cl. The molecule has 19 heavy (non-hydrogen) atoms. The lowest BCUT2D eigenvalue weighted by atomic mass is 10.1. The maximum absolute atomic E-state index is 12.2. The molecule has 1 aromatic rings. The molecule has 0 bridgehead atoms. The summed E-state index contributed by atoms with van der Waals surface area (Å²) in [7, 11) is 0. The standard InChI is InChI=1S/C15H22N2O.ClH/c1-2-16-12-13-6-8-14(9-7-13)15(18)17-10-4-3-5-11-17;/h6-9,16H,2-5,10-12H2,1H3;1H. The number of carbonyl (C=O) groups is 1. The van der Waals surface area contributed by atoms with Crippen molar-refractivity contribution >= 4 is 18.3 Å². The van der Waals surface area contributed by atoms with E-state index in [-0.39, 0.29) is 18.3 Å². The summed E-state index contributed by atoms with van der Waals surface area (Å²) in [5.74, 6) is 0.185. The summed E-state index contributed by atoms with van der Waals surface area (Å²) in [5, 5.41) is 3.28. The Morgan fingerprint density at radius 1 is 1.16 bits per heavy atom. The van der Waals surface area contributed by atoms with Crippen molar-refractivity contribution in [2.24, 2.45) is 0 Å². The molecule has 106 valence electrons. The summed E-state index contributed by atoms with van der Waals surface area (Å²) in [6, 6.07) is 7.98. The normalized spacial score (nSPS) is 14.9. The van der Waals surface area contributed by atoms with Crippen molar-refractivity contribution in [1.29, 1.82) is 0 Å². The maximum atomic E-state index is 12.2. The maximum Gasteiger partial charge on any atom is 0.253 e. The fourth-order valence-electron chi connectivity index (χ4n) is 2.31. The fraction of sp³-hybridized carbons (Fsp3) is 0.533. The van der Waals surface area contributed by atoms with E-state index in [0.29, 0.717) is 0 Å². The molecule has 1 aliphatic heterocycles. The highest BCUT2D eigenvalue weighted by Gasteiger charge is 2.17. The quantitative estimate of drug-likeness (QED) is 0.921. The molecule has 3 nitrogen and oxygen atoms in total. The third-order valence-electron chi connectivity index (χ3n) is 3.42. The van der Waals surface area contributed by atoms with Crippen LogP contribution in [0.4, 0.5) is 0 Å². The van der Waals surface area contributed by atoms with Gasteiger partial charge in [0.25, 0.3) is 5.91 Å². The van der Waals surface area contributed by atoms with Gasteiger partial charge in [0.05, 0.1) is 0 Å². The molecular formula is C15H23ClN2O. The third kappa shape index (κ3) is 4.51. The summed E-state index contributed by atoms with van der Waals surface area (Å²) in [6.45, 7) is 5.76. The number of hydrogen-bond acceptors (Lipinski definition) is 2. The minimum Gasteiger partial charge on any atom is -0.339 e. The number of amides is 1. The van der Waals surface area contributed by atoms with E-state index >= 15 is 0 Å². The molecule has 4 heteroatoms. The monoisotopic (exact) mass is 282 g/mol. The van der Waals surface area contributed by atoms with Crippen molar-refractivity contribution < 1.29 is 4.79 Å². The third-order valence-corrected chi connectivity index (χ3v) is 3.42. The molecule has 1 saturated heterocycles. The van der Waals surface area contributed by atoms with E-state index in [2.05, 4.69) is 12.2 Å². The summed E-state index contributed by atoms with van der Waals surface area (Å²) < 4.78 is 0. The Balaban J connectivity index is 0.00000180. The van der Waals surface area contributed by atoms with Crippen LogP contribution in [0.3, 0.4) is 0 Å². The van der Waals surface area contributed by atoms with Crippen molar-refractivity contribution in [3.05, 3.63) is 35.4 Å². The number of benzene rings is 1. The van der Waals surface area contributed by atoms with Crippen LogP contribution >= 0.6 is 12.4 Å². The molecule has 1 fully saturated rings. The lowest BCUT2D eigenvalue weighted by Crippen LogP contribution is -2.35. The van der Waals surface area contributed by atoms with Gasteiger partial charge in [0.2, 0.25) is 0 Å². The Morgan fingerprint density at radius 3 is 2.37 bits per heavy atom. The molecule has 1 aliphatic rings. The van der Waals surface area contributed by atoms with Crippen molar-refractivity contribution in [1.82, 2.24) is 10.2 Å². The van der Waals surface area contributed by atoms with Crippen LogP contribution in [0.1, 0.15) is 42.1 Å². The van der Waals surface area contributed by atoms with Crippen molar-refractivity contribution in [3.8, 4) is 0 Å². The van der Waals surface area contributed by atoms with Gasteiger partial charge in [-0.25, -0.2) is 0 Å². The largest absolute Gasteiger partial charge is 0.339 e. The van der Waals surface area contributed by atoms with Gasteiger partial charge >= 0.3 is 0 Å². The zero-order valence-electron chi connectivity index (χ0n) is 11.5. The van der Waals surface area contributed by atoms with Gasteiger partial charge in [-0.2, -0.15) is 0 Å². The minimum absolute atomic E-state index is 0. The molecule has 1 amide bonds. The summed E-state index contributed by atoms with van der Waals surface area (Å²) in [4.78, 5) is 14.2. The predicted molar refractivity (Wildman–Crippen MR) is 80.8 cm³/mol. The van der Waals surface area contributed by atoms with Crippen molar-refractivity contribution in [3.63, 3.8) is 0 Å². The number of likely N-dealkylation sites (tertiary alicyclic amines) is 1. The lowest BCUT2D eigenvalue weighted by molar-refractivity contribution is 0.0724. The lowest BCUT2D eigenvalue weighted by Gasteiger charge is -2.26. The van der Waals surface area contributed by atoms with E-state index in [9.17, 15) is 4.79 Å². The topological polar surface area (TPSA) is 32.3 Å². The first-order valence-corrected chi connectivity index (χ1v) is 6.90. The Morgan fingerprint density at radius 2 is 1.79 bits per heavy atom. The van der Waals surface area contributed by atoms with Crippen molar-refractivity contribution in [2.75, 3.05) is 19.6 Å². The molecule has 1 aromatic carbocycles. The number of rotatable bonds is 4. The van der Waals surface area contributed by atoms with Gasteiger partial charge in [-0.1, -0.05) is 19.1 Å². The van der Waals surface area contributed by atoms with Crippen molar-refractivity contribution in [2.45, 2.75) is 32.7 Å². The van der Waals surface area contributed by atoms with Crippen LogP contribution in [0.25, 0.3) is 0 Å². The predicted octanol–water partition coefficient (Wildman–Crippen LogP) is 2.84. The van der Waals surface area contributed by atoms with Crippen LogP contribution in [0.5, 0.6) is 0 Å². The average Bonchev–Trinajstić information content (AvgIpc) is 2.46. The molecule has 1 heterocycles. The zero-order valence-corrected chi connectivity index (χ0v) is 12.3. The van der Waals surface area contributed by atoms with Gasteiger partial charge in [0, 0.05) is 25.2 Å². The van der Waals surface area contributed by atoms with Gasteiger partial charge in [-0.3, -0.25) is 4.79 Å². The molecule has 0 aromatic heterocycles. The number of piperidine rings is 1. The molecule has 0 spiro atoms. The van der Waals surface area contributed by atoms with E-state index in [4.69, 9.17) is 0 Å². The van der Waals surface area contributed by atoms with Crippen LogP contribution < -0.4 is 5.32 Å². The highest BCUT2D eigenvalue weighted by Crippen LogP contribution is 2.13. The first kappa shape index (κ1) is 16.0. The number of halogens is 1. The first-order valence-electron chi connectivity index (χ1n) is 6.90.